The summed E-state index contributed by atoms with van der Waals surface area (Å²) in [6, 6.07) is 11.3. The maximum atomic E-state index is 12.2. The van der Waals surface area contributed by atoms with Gasteiger partial charge in [0.05, 0.1) is 12.0 Å². The van der Waals surface area contributed by atoms with Crippen molar-refractivity contribution in [1.82, 2.24) is 0 Å². The second-order valence-electron chi connectivity index (χ2n) is 6.14. The van der Waals surface area contributed by atoms with Crippen molar-refractivity contribution in [2.75, 3.05) is 30.8 Å². The molecule has 0 aromatic heterocycles. The number of benzene rings is 2. The van der Waals surface area contributed by atoms with Crippen molar-refractivity contribution >= 4 is 40.5 Å². The van der Waals surface area contributed by atoms with E-state index in [0.717, 1.165) is 0 Å². The Hall–Kier alpha value is -2.97. The van der Waals surface area contributed by atoms with Crippen LogP contribution in [0, 0.1) is 17.0 Å². The number of anilines is 2. The number of quaternary nitrogens is 1. The number of nitro groups is 1. The molecule has 0 bridgehead atoms. The number of rotatable bonds is 7. The second-order valence-corrected chi connectivity index (χ2v) is 6.58. The van der Waals surface area contributed by atoms with E-state index in [-0.39, 0.29) is 30.4 Å². The Labute approximate surface area is 161 Å². The molecule has 0 saturated carbocycles. The summed E-state index contributed by atoms with van der Waals surface area (Å²) in [7, 11) is 1.69. The van der Waals surface area contributed by atoms with Crippen LogP contribution in [0.5, 0.6) is 0 Å². The number of aryl methyl sites for hydroxylation is 1. The highest BCUT2D eigenvalue weighted by Gasteiger charge is 2.20. The first-order chi connectivity index (χ1) is 12.8. The third-order valence-electron chi connectivity index (χ3n) is 3.76. The number of nitrogens with zero attached hydrogens (tertiary/aromatic N) is 1. The Morgan fingerprint density at radius 3 is 2.26 bits per heavy atom. The van der Waals surface area contributed by atoms with Crippen molar-refractivity contribution in [1.29, 1.82) is 0 Å². The lowest BCUT2D eigenvalue weighted by molar-refractivity contribution is -0.862. The van der Waals surface area contributed by atoms with Crippen LogP contribution >= 0.6 is 11.6 Å². The quantitative estimate of drug-likeness (QED) is 0.493. The molecule has 0 aliphatic rings. The lowest BCUT2D eigenvalue weighted by Gasteiger charge is -2.14. The fourth-order valence-electron chi connectivity index (χ4n) is 2.50. The fraction of sp³-hybridized carbons (Fsp3) is 0.222. The molecule has 1 atom stereocenters. The molecule has 2 aromatic rings. The van der Waals surface area contributed by atoms with Crippen LogP contribution in [0.2, 0.25) is 5.02 Å². The summed E-state index contributed by atoms with van der Waals surface area (Å²) < 4.78 is 0. The molecule has 2 rings (SSSR count). The Balaban J connectivity index is 1.91. The maximum absolute atomic E-state index is 12.2. The van der Waals surface area contributed by atoms with Crippen molar-refractivity contribution in [3.05, 3.63) is 63.2 Å². The molecular weight excluding hydrogens is 372 g/mol. The highest BCUT2D eigenvalue weighted by molar-refractivity contribution is 6.30. The Morgan fingerprint density at radius 1 is 1.07 bits per heavy atom. The number of amides is 2. The van der Waals surface area contributed by atoms with Gasteiger partial charge >= 0.3 is 0 Å². The van der Waals surface area contributed by atoms with E-state index in [2.05, 4.69) is 10.6 Å². The van der Waals surface area contributed by atoms with Crippen LogP contribution in [0.1, 0.15) is 5.56 Å². The van der Waals surface area contributed by atoms with Gasteiger partial charge in [0, 0.05) is 16.8 Å². The van der Waals surface area contributed by atoms with Gasteiger partial charge in [-0.05, 0) is 36.8 Å². The second kappa shape index (κ2) is 9.11. The number of nitrogens with one attached hydrogen (secondary N) is 3. The van der Waals surface area contributed by atoms with E-state index in [1.165, 1.54) is 6.07 Å². The summed E-state index contributed by atoms with van der Waals surface area (Å²) in [5, 5.41) is 17.0. The van der Waals surface area contributed by atoms with E-state index in [0.29, 0.717) is 21.2 Å². The fourth-order valence-corrected chi connectivity index (χ4v) is 2.63. The van der Waals surface area contributed by atoms with E-state index in [4.69, 9.17) is 11.6 Å². The van der Waals surface area contributed by atoms with E-state index in [1.807, 2.05) is 0 Å². The number of hydrogen-bond acceptors (Lipinski definition) is 4. The summed E-state index contributed by atoms with van der Waals surface area (Å²) in [4.78, 5) is 35.5. The molecule has 0 fully saturated rings. The topological polar surface area (TPSA) is 106 Å². The molecule has 8 nitrogen and oxygen atoms in total. The predicted octanol–water partition coefficient (Wildman–Crippen LogP) is 1.65. The summed E-state index contributed by atoms with van der Waals surface area (Å²) in [5.74, 6) is -0.673. The molecule has 2 aromatic carbocycles. The summed E-state index contributed by atoms with van der Waals surface area (Å²) in [6.45, 7) is 1.73. The van der Waals surface area contributed by atoms with Crippen LogP contribution in [-0.4, -0.2) is 36.9 Å². The molecule has 0 saturated heterocycles. The SMILES string of the molecule is Cc1cccc([N+](=O)[O-])c1NC(=O)C[NH+](C)CC(=O)Nc1ccc(Cl)cc1. The molecule has 142 valence electrons. The van der Waals surface area contributed by atoms with Gasteiger partial charge in [-0.3, -0.25) is 19.7 Å². The van der Waals surface area contributed by atoms with Gasteiger partial charge in [0.25, 0.3) is 17.5 Å². The largest absolute Gasteiger partial charge is 0.322 e. The summed E-state index contributed by atoms with van der Waals surface area (Å²) >= 11 is 5.79. The van der Waals surface area contributed by atoms with Crippen molar-refractivity contribution in [2.45, 2.75) is 6.92 Å². The van der Waals surface area contributed by atoms with Crippen LogP contribution in [0.3, 0.4) is 0 Å². The molecule has 0 aliphatic carbocycles. The first-order valence-electron chi connectivity index (χ1n) is 8.17. The van der Waals surface area contributed by atoms with Crippen molar-refractivity contribution in [2.24, 2.45) is 0 Å². The first-order valence-corrected chi connectivity index (χ1v) is 8.54. The zero-order chi connectivity index (χ0) is 20.0. The zero-order valence-electron chi connectivity index (χ0n) is 14.9. The first kappa shape index (κ1) is 20.3. The minimum absolute atomic E-state index is 0.0144. The highest BCUT2D eigenvalue weighted by Crippen LogP contribution is 2.27. The van der Waals surface area contributed by atoms with Crippen molar-refractivity contribution < 1.29 is 19.4 Å². The average Bonchev–Trinajstić information content (AvgIpc) is 2.58. The molecule has 0 aliphatic heterocycles. The highest BCUT2D eigenvalue weighted by atomic mass is 35.5. The molecule has 3 N–H and O–H groups in total. The monoisotopic (exact) mass is 391 g/mol. The summed E-state index contributed by atoms with van der Waals surface area (Å²) in [6.07, 6.45) is 0. The molecule has 2 amide bonds. The number of hydrogen-bond donors (Lipinski definition) is 3. The average molecular weight is 392 g/mol. The number of likely N-dealkylation sites (N-methyl/N-ethyl adjacent to an activating group) is 1. The molecular formula is C18H20ClN4O4+. The molecule has 0 spiro atoms. The number of nitro benzene ring substituents is 1. The Morgan fingerprint density at radius 2 is 1.67 bits per heavy atom. The van der Waals surface area contributed by atoms with Crippen LogP contribution in [0.15, 0.2) is 42.5 Å². The third kappa shape index (κ3) is 6.05. The van der Waals surface area contributed by atoms with Gasteiger partial charge in [0.2, 0.25) is 0 Å². The number of halogens is 1. The van der Waals surface area contributed by atoms with Crippen molar-refractivity contribution in [3.8, 4) is 0 Å². The predicted molar refractivity (Wildman–Crippen MR) is 103 cm³/mol. The molecule has 1 unspecified atom stereocenters. The number of carbonyl (C=O) groups excluding carboxylic acids is 2. The van der Waals surface area contributed by atoms with Gasteiger partial charge in [-0.2, -0.15) is 0 Å². The standard InChI is InChI=1S/C18H19ClN4O4/c1-12-4-3-5-15(23(26)27)18(12)21-17(25)11-22(2)10-16(24)20-14-8-6-13(19)7-9-14/h3-9H,10-11H2,1-2H3,(H,20,24)(H,21,25)/p+1. The number of carbonyl (C=O) groups is 2. The van der Waals surface area contributed by atoms with Gasteiger partial charge in [-0.1, -0.05) is 23.7 Å². The van der Waals surface area contributed by atoms with Gasteiger partial charge in [-0.15, -0.1) is 0 Å². The van der Waals surface area contributed by atoms with Crippen LogP contribution in [-0.2, 0) is 9.59 Å². The van der Waals surface area contributed by atoms with Crippen LogP contribution in [0.4, 0.5) is 17.1 Å². The van der Waals surface area contributed by atoms with Gasteiger partial charge in [0.15, 0.2) is 13.1 Å². The number of para-hydroxylation sites is 1. The van der Waals surface area contributed by atoms with Crippen molar-refractivity contribution in [3.63, 3.8) is 0 Å². The Bertz CT molecular complexity index is 855. The molecule has 0 radical (unpaired) electrons. The minimum Gasteiger partial charge on any atom is -0.322 e. The Kier molecular flexibility index (Phi) is 6.86. The van der Waals surface area contributed by atoms with E-state index >= 15 is 0 Å². The normalized spacial score (nSPS) is 11.5. The van der Waals surface area contributed by atoms with Gasteiger partial charge in [-0.25, -0.2) is 0 Å². The zero-order valence-corrected chi connectivity index (χ0v) is 15.7. The van der Waals surface area contributed by atoms with Gasteiger partial charge in [0.1, 0.15) is 5.69 Å². The maximum Gasteiger partial charge on any atom is 0.293 e. The molecule has 0 heterocycles. The smallest absolute Gasteiger partial charge is 0.293 e. The van der Waals surface area contributed by atoms with Gasteiger partial charge < -0.3 is 15.5 Å². The summed E-state index contributed by atoms with van der Waals surface area (Å²) in [5.41, 5.74) is 1.21. The van der Waals surface area contributed by atoms with E-state index < -0.39 is 10.8 Å². The lowest BCUT2D eigenvalue weighted by atomic mass is 10.1. The minimum atomic E-state index is -0.543. The van der Waals surface area contributed by atoms with E-state index in [9.17, 15) is 19.7 Å². The molecule has 9 heteroatoms. The molecule has 27 heavy (non-hydrogen) atoms. The van der Waals surface area contributed by atoms with Crippen LogP contribution < -0.4 is 15.5 Å². The third-order valence-corrected chi connectivity index (χ3v) is 4.02. The van der Waals surface area contributed by atoms with Crippen LogP contribution in [0.25, 0.3) is 0 Å². The van der Waals surface area contributed by atoms with E-state index in [1.54, 1.807) is 50.4 Å². The lowest BCUT2D eigenvalue weighted by Crippen LogP contribution is -3.11.